The van der Waals surface area contributed by atoms with Crippen molar-refractivity contribution in [1.29, 1.82) is 5.26 Å². The molecule has 1 N–H and O–H groups in total. The van der Waals surface area contributed by atoms with Gasteiger partial charge in [0.1, 0.15) is 17.1 Å². The lowest BCUT2D eigenvalue weighted by atomic mass is 9.90. The minimum atomic E-state index is -0.517. The number of hydrogen-bond acceptors (Lipinski definition) is 8. The number of piperazine rings is 1. The van der Waals surface area contributed by atoms with E-state index in [4.69, 9.17) is 0 Å². The normalized spacial score (nSPS) is 22.9. The summed E-state index contributed by atoms with van der Waals surface area (Å²) >= 11 is 0. The smallest absolute Gasteiger partial charge is 0.229 e. The molecule has 0 amide bonds. The van der Waals surface area contributed by atoms with Crippen LogP contribution in [0.25, 0.3) is 11.3 Å². The number of halogens is 1. The number of rotatable bonds is 9. The third kappa shape index (κ3) is 5.27. The number of nitrogens with zero attached hydrogens (tertiary/aromatic N) is 7. The first-order valence-electron chi connectivity index (χ1n) is 15.1. The second-order valence-corrected chi connectivity index (χ2v) is 12.1. The first-order valence-corrected chi connectivity index (χ1v) is 15.1. The molecule has 4 heterocycles. The first-order chi connectivity index (χ1) is 20.0. The Bertz CT molecular complexity index is 1450. The Kier molecular flexibility index (Phi) is 6.84. The molecule has 2 aliphatic carbocycles. The number of benzene rings is 1. The van der Waals surface area contributed by atoms with Crippen molar-refractivity contribution < 1.29 is 4.39 Å². The number of anilines is 3. The molecule has 4 aliphatic rings. The van der Waals surface area contributed by atoms with Crippen LogP contribution in [-0.4, -0.2) is 68.6 Å². The molecule has 41 heavy (non-hydrogen) atoms. The van der Waals surface area contributed by atoms with Gasteiger partial charge in [-0.15, -0.1) is 0 Å². The van der Waals surface area contributed by atoms with Gasteiger partial charge in [-0.05, 0) is 61.4 Å². The third-order valence-electron chi connectivity index (χ3n) is 9.03. The second-order valence-electron chi connectivity index (χ2n) is 12.1. The molecular weight excluding hydrogens is 515 g/mol. The predicted octanol–water partition coefficient (Wildman–Crippen LogP) is 5.29. The summed E-state index contributed by atoms with van der Waals surface area (Å²) in [4.78, 5) is 20.7. The van der Waals surface area contributed by atoms with Gasteiger partial charge in [-0.1, -0.05) is 25.5 Å². The topological polar surface area (TPSA) is 84.2 Å². The van der Waals surface area contributed by atoms with Gasteiger partial charge < -0.3 is 10.2 Å². The molecule has 2 saturated carbocycles. The van der Waals surface area contributed by atoms with Crippen molar-refractivity contribution in [3.63, 3.8) is 0 Å². The van der Waals surface area contributed by atoms with Crippen LogP contribution < -0.4 is 10.2 Å². The highest BCUT2D eigenvalue weighted by atomic mass is 19.1. The van der Waals surface area contributed by atoms with Crippen molar-refractivity contribution in [2.75, 3.05) is 36.4 Å². The number of nitriles is 1. The molecule has 1 saturated heterocycles. The molecule has 2 aliphatic heterocycles. The summed E-state index contributed by atoms with van der Waals surface area (Å²) < 4.78 is 15.0. The van der Waals surface area contributed by atoms with Gasteiger partial charge in [0.25, 0.3) is 0 Å². The maximum absolute atomic E-state index is 15.0. The van der Waals surface area contributed by atoms with Gasteiger partial charge in [0.15, 0.2) is 5.82 Å². The molecule has 3 fully saturated rings. The van der Waals surface area contributed by atoms with E-state index in [2.05, 4.69) is 54.0 Å². The van der Waals surface area contributed by atoms with Crippen molar-refractivity contribution in [2.45, 2.75) is 76.0 Å². The van der Waals surface area contributed by atoms with Crippen molar-refractivity contribution in [3.05, 3.63) is 59.7 Å². The lowest BCUT2D eigenvalue weighted by Crippen LogP contribution is -2.46. The number of hydrogen-bond donors (Lipinski definition) is 1. The third-order valence-corrected chi connectivity index (χ3v) is 9.03. The summed E-state index contributed by atoms with van der Waals surface area (Å²) in [6, 6.07) is 13.9. The van der Waals surface area contributed by atoms with Crippen molar-refractivity contribution >= 4 is 17.5 Å². The Hall–Kier alpha value is -3.61. The minimum Gasteiger partial charge on any atom is -0.350 e. The van der Waals surface area contributed by atoms with Crippen LogP contribution >= 0.6 is 0 Å². The SMILES string of the molecule is CCCC1(C#N)Cc2cc(-c3nc(Nc4ccc(CN5CCN(C6CC6)CC5)cn4)ncc3F)ccc2N1C1CC1. The molecule has 9 heteroatoms. The Morgan fingerprint density at radius 2 is 1.83 bits per heavy atom. The monoisotopic (exact) mass is 552 g/mol. The highest BCUT2D eigenvalue weighted by Gasteiger charge is 2.49. The molecule has 0 bridgehead atoms. The summed E-state index contributed by atoms with van der Waals surface area (Å²) in [6.07, 6.45) is 10.5. The fraction of sp³-hybridized carbons (Fsp3) is 0.500. The van der Waals surface area contributed by atoms with Gasteiger partial charge in [-0.3, -0.25) is 9.80 Å². The molecule has 3 aromatic rings. The van der Waals surface area contributed by atoms with Crippen LogP contribution in [0.3, 0.4) is 0 Å². The lowest BCUT2D eigenvalue weighted by Gasteiger charge is -2.35. The highest BCUT2D eigenvalue weighted by molar-refractivity contribution is 5.73. The maximum Gasteiger partial charge on any atom is 0.229 e. The molecule has 0 spiro atoms. The van der Waals surface area contributed by atoms with Crippen LogP contribution in [0.1, 0.15) is 56.6 Å². The average molecular weight is 553 g/mol. The van der Waals surface area contributed by atoms with Crippen LogP contribution in [-0.2, 0) is 13.0 Å². The average Bonchev–Trinajstić information content (AvgIpc) is 3.93. The van der Waals surface area contributed by atoms with E-state index in [9.17, 15) is 5.26 Å². The molecular formula is C32H37FN8. The molecule has 2 aromatic heterocycles. The quantitative estimate of drug-likeness (QED) is 0.384. The van der Waals surface area contributed by atoms with Gasteiger partial charge in [0.05, 0.1) is 12.3 Å². The summed E-state index contributed by atoms with van der Waals surface area (Å²) in [5.41, 5.74) is 3.78. The Morgan fingerprint density at radius 3 is 2.51 bits per heavy atom. The van der Waals surface area contributed by atoms with Crippen molar-refractivity contribution in [1.82, 2.24) is 24.8 Å². The highest BCUT2D eigenvalue weighted by Crippen LogP contribution is 2.48. The molecule has 1 atom stereocenters. The van der Waals surface area contributed by atoms with Crippen LogP contribution in [0, 0.1) is 17.1 Å². The number of aromatic nitrogens is 3. The van der Waals surface area contributed by atoms with Crippen LogP contribution in [0.4, 0.5) is 21.8 Å². The Balaban J connectivity index is 1.05. The van der Waals surface area contributed by atoms with E-state index in [1.807, 2.05) is 30.5 Å². The van der Waals surface area contributed by atoms with E-state index in [1.54, 1.807) is 0 Å². The van der Waals surface area contributed by atoms with Crippen LogP contribution in [0.5, 0.6) is 0 Å². The van der Waals surface area contributed by atoms with Gasteiger partial charge in [0.2, 0.25) is 5.95 Å². The zero-order chi connectivity index (χ0) is 28.0. The van der Waals surface area contributed by atoms with E-state index in [0.29, 0.717) is 29.8 Å². The van der Waals surface area contributed by atoms with E-state index < -0.39 is 11.4 Å². The molecule has 8 nitrogen and oxygen atoms in total. The first kappa shape index (κ1) is 26.3. The van der Waals surface area contributed by atoms with Gasteiger partial charge in [-0.2, -0.15) is 5.26 Å². The van der Waals surface area contributed by atoms with Gasteiger partial charge in [0, 0.05) is 68.7 Å². The predicted molar refractivity (Wildman–Crippen MR) is 157 cm³/mol. The lowest BCUT2D eigenvalue weighted by molar-refractivity contribution is 0.121. The van der Waals surface area contributed by atoms with E-state index >= 15 is 4.39 Å². The van der Waals surface area contributed by atoms with Gasteiger partial charge in [-0.25, -0.2) is 19.3 Å². The summed E-state index contributed by atoms with van der Waals surface area (Å²) in [5, 5.41) is 13.4. The molecule has 7 rings (SSSR count). The second kappa shape index (κ2) is 10.7. The molecule has 1 unspecified atom stereocenters. The number of pyridine rings is 1. The minimum absolute atomic E-state index is 0.246. The van der Waals surface area contributed by atoms with E-state index in [0.717, 1.165) is 75.7 Å². The van der Waals surface area contributed by atoms with E-state index in [-0.39, 0.29) is 5.69 Å². The zero-order valence-electron chi connectivity index (χ0n) is 23.7. The fourth-order valence-corrected chi connectivity index (χ4v) is 6.71. The number of fused-ring (bicyclic) bond motifs is 1. The Morgan fingerprint density at radius 1 is 1.02 bits per heavy atom. The summed E-state index contributed by atoms with van der Waals surface area (Å²) in [6.45, 7) is 7.53. The standard InChI is InChI=1S/C32H37FN8/c1-2-11-32(21-34)17-24-16-23(4-9-28(24)41(32)26-7-8-26)30-27(33)19-36-31(38-30)37-29-10-3-22(18-35-29)20-39-12-14-40(15-13-39)25-5-6-25/h3-4,9-10,16,18-19,25-26H,2,5-8,11-15,17,20H2,1H3,(H,35,36,37,38). The van der Waals surface area contributed by atoms with Crippen molar-refractivity contribution in [3.8, 4) is 17.3 Å². The van der Waals surface area contributed by atoms with E-state index in [1.165, 1.54) is 24.6 Å². The van der Waals surface area contributed by atoms with Crippen LogP contribution in [0.15, 0.2) is 42.7 Å². The number of nitrogens with one attached hydrogen (secondary N) is 1. The summed E-state index contributed by atoms with van der Waals surface area (Å²) in [7, 11) is 0. The van der Waals surface area contributed by atoms with Crippen LogP contribution in [0.2, 0.25) is 0 Å². The van der Waals surface area contributed by atoms with Crippen molar-refractivity contribution in [2.24, 2.45) is 0 Å². The molecule has 0 radical (unpaired) electrons. The van der Waals surface area contributed by atoms with Gasteiger partial charge >= 0.3 is 0 Å². The fourth-order valence-electron chi connectivity index (χ4n) is 6.71. The zero-order valence-corrected chi connectivity index (χ0v) is 23.7. The summed E-state index contributed by atoms with van der Waals surface area (Å²) in [5.74, 6) is 0.449. The Labute approximate surface area is 241 Å². The molecule has 1 aromatic carbocycles. The maximum atomic E-state index is 15.0. The largest absolute Gasteiger partial charge is 0.350 e. The molecule has 212 valence electrons.